The van der Waals surface area contributed by atoms with Crippen LogP contribution in [-0.2, 0) is 0 Å². The molecule has 110 valence electrons. The van der Waals surface area contributed by atoms with Crippen molar-refractivity contribution in [1.82, 2.24) is 0 Å². The van der Waals surface area contributed by atoms with Crippen molar-refractivity contribution < 1.29 is 4.74 Å². The Morgan fingerprint density at radius 2 is 2.00 bits per heavy atom. The van der Waals surface area contributed by atoms with Crippen LogP contribution in [0, 0.1) is 5.92 Å². The van der Waals surface area contributed by atoms with Crippen LogP contribution in [0.5, 0.6) is 5.75 Å². The van der Waals surface area contributed by atoms with E-state index in [2.05, 4.69) is 25.8 Å². The molecule has 1 aromatic rings. The summed E-state index contributed by atoms with van der Waals surface area (Å²) in [7, 11) is 0. The van der Waals surface area contributed by atoms with Gasteiger partial charge in [0.05, 0.1) is 12.3 Å². The third kappa shape index (κ3) is 5.38. The number of benzene rings is 1. The summed E-state index contributed by atoms with van der Waals surface area (Å²) in [5.41, 5.74) is 3.25. The molecule has 1 aromatic carbocycles. The number of nitrogens with zero attached hydrogens (tertiary/aromatic N) is 1. The molecule has 0 radical (unpaired) electrons. The second kappa shape index (κ2) is 8.11. The number of halogens is 1. The SMILES string of the molecule is CCOc1cccc(C(/N=C(\C)Cl)=C(/C)CC(C)C)c1. The molecule has 0 aromatic heterocycles. The van der Waals surface area contributed by atoms with Gasteiger partial charge in [-0.3, -0.25) is 0 Å². The third-order valence-corrected chi connectivity index (χ3v) is 2.89. The normalized spacial score (nSPS) is 13.4. The van der Waals surface area contributed by atoms with Gasteiger partial charge in [0.2, 0.25) is 0 Å². The first-order valence-corrected chi connectivity index (χ1v) is 7.45. The van der Waals surface area contributed by atoms with Gasteiger partial charge in [0.25, 0.3) is 0 Å². The van der Waals surface area contributed by atoms with Crippen LogP contribution in [-0.4, -0.2) is 11.8 Å². The van der Waals surface area contributed by atoms with Crippen LogP contribution in [0.15, 0.2) is 34.8 Å². The van der Waals surface area contributed by atoms with Gasteiger partial charge in [0, 0.05) is 5.56 Å². The lowest BCUT2D eigenvalue weighted by atomic mass is 9.99. The zero-order chi connectivity index (χ0) is 15.1. The predicted molar refractivity (Wildman–Crippen MR) is 88.6 cm³/mol. The molecule has 0 spiro atoms. The maximum Gasteiger partial charge on any atom is 0.119 e. The van der Waals surface area contributed by atoms with E-state index < -0.39 is 0 Å². The van der Waals surface area contributed by atoms with Gasteiger partial charge in [-0.05, 0) is 50.8 Å². The maximum absolute atomic E-state index is 5.99. The van der Waals surface area contributed by atoms with E-state index in [0.717, 1.165) is 23.4 Å². The van der Waals surface area contributed by atoms with E-state index in [9.17, 15) is 0 Å². The molecular formula is C17H24ClNO. The number of hydrogen-bond acceptors (Lipinski definition) is 2. The molecule has 0 N–H and O–H groups in total. The van der Waals surface area contributed by atoms with Crippen molar-refractivity contribution in [1.29, 1.82) is 0 Å². The molecule has 0 bridgehead atoms. The van der Waals surface area contributed by atoms with E-state index in [1.165, 1.54) is 5.57 Å². The first-order valence-electron chi connectivity index (χ1n) is 7.07. The molecule has 20 heavy (non-hydrogen) atoms. The number of ether oxygens (including phenoxy) is 1. The fourth-order valence-electron chi connectivity index (χ4n) is 2.17. The van der Waals surface area contributed by atoms with Crippen molar-refractivity contribution >= 4 is 22.5 Å². The second-order valence-electron chi connectivity index (χ2n) is 5.30. The lowest BCUT2D eigenvalue weighted by Crippen LogP contribution is -1.96. The summed E-state index contributed by atoms with van der Waals surface area (Å²) >= 11 is 5.99. The van der Waals surface area contributed by atoms with Crippen LogP contribution in [0.1, 0.15) is 46.6 Å². The molecule has 0 aliphatic heterocycles. The predicted octanol–water partition coefficient (Wildman–Crippen LogP) is 5.52. The van der Waals surface area contributed by atoms with Crippen LogP contribution in [0.3, 0.4) is 0 Å². The van der Waals surface area contributed by atoms with Gasteiger partial charge >= 0.3 is 0 Å². The summed E-state index contributed by atoms with van der Waals surface area (Å²) < 4.78 is 5.56. The van der Waals surface area contributed by atoms with Crippen molar-refractivity contribution in [3.8, 4) is 5.75 Å². The van der Waals surface area contributed by atoms with Crippen LogP contribution >= 0.6 is 11.6 Å². The van der Waals surface area contributed by atoms with Gasteiger partial charge in [-0.1, -0.05) is 37.6 Å². The fourth-order valence-corrected chi connectivity index (χ4v) is 2.25. The Bertz CT molecular complexity index is 499. The molecule has 0 amide bonds. The number of allylic oxidation sites excluding steroid dienone is 1. The van der Waals surface area contributed by atoms with Gasteiger partial charge in [-0.2, -0.15) is 0 Å². The smallest absolute Gasteiger partial charge is 0.119 e. The first-order chi connectivity index (χ1) is 9.43. The molecule has 0 heterocycles. The third-order valence-electron chi connectivity index (χ3n) is 2.80. The minimum atomic E-state index is 0.546. The van der Waals surface area contributed by atoms with Gasteiger partial charge < -0.3 is 4.74 Å². The summed E-state index contributed by atoms with van der Waals surface area (Å²) in [6, 6.07) is 8.01. The zero-order valence-corrected chi connectivity index (χ0v) is 13.8. The average molecular weight is 294 g/mol. The summed E-state index contributed by atoms with van der Waals surface area (Å²) in [5, 5.41) is 0.546. The Kier molecular flexibility index (Phi) is 6.80. The Labute approximate surface area is 127 Å². The summed E-state index contributed by atoms with van der Waals surface area (Å²) in [6.45, 7) is 11.0. The molecule has 0 saturated carbocycles. The lowest BCUT2D eigenvalue weighted by Gasteiger charge is -2.12. The topological polar surface area (TPSA) is 21.6 Å². The largest absolute Gasteiger partial charge is 0.494 e. The van der Waals surface area contributed by atoms with E-state index in [1.54, 1.807) is 6.92 Å². The van der Waals surface area contributed by atoms with Gasteiger partial charge in [0.15, 0.2) is 0 Å². The highest BCUT2D eigenvalue weighted by Gasteiger charge is 2.08. The Morgan fingerprint density at radius 1 is 1.30 bits per heavy atom. The zero-order valence-electron chi connectivity index (χ0n) is 13.0. The Hall–Kier alpha value is -1.28. The van der Waals surface area contributed by atoms with Crippen molar-refractivity contribution in [2.24, 2.45) is 10.9 Å². The summed E-state index contributed by atoms with van der Waals surface area (Å²) in [4.78, 5) is 4.51. The van der Waals surface area contributed by atoms with Crippen LogP contribution < -0.4 is 4.74 Å². The number of aliphatic imine (C=N–C) groups is 1. The molecule has 0 unspecified atom stereocenters. The van der Waals surface area contributed by atoms with E-state index in [1.807, 2.05) is 31.2 Å². The van der Waals surface area contributed by atoms with Crippen molar-refractivity contribution in [2.45, 2.75) is 41.0 Å². The monoisotopic (exact) mass is 293 g/mol. The highest BCUT2D eigenvalue weighted by molar-refractivity contribution is 6.65. The van der Waals surface area contributed by atoms with Gasteiger partial charge in [-0.25, -0.2) is 4.99 Å². The standard InChI is InChI=1S/C17H24ClNO/c1-6-20-16-9-7-8-15(11-16)17(19-14(5)18)13(4)10-12(2)3/h7-9,11-12H,6,10H2,1-5H3/b17-13+,19-14+. The average Bonchev–Trinajstić information content (AvgIpc) is 2.35. The van der Waals surface area contributed by atoms with Crippen molar-refractivity contribution in [2.75, 3.05) is 6.61 Å². The lowest BCUT2D eigenvalue weighted by molar-refractivity contribution is 0.340. The molecule has 0 saturated heterocycles. The van der Waals surface area contributed by atoms with Crippen LogP contribution in [0.4, 0.5) is 0 Å². The van der Waals surface area contributed by atoms with E-state index in [4.69, 9.17) is 16.3 Å². The van der Waals surface area contributed by atoms with Gasteiger partial charge in [-0.15, -0.1) is 0 Å². The second-order valence-corrected chi connectivity index (χ2v) is 5.84. The van der Waals surface area contributed by atoms with E-state index in [-0.39, 0.29) is 0 Å². The number of hydrogen-bond donors (Lipinski definition) is 0. The quantitative estimate of drug-likeness (QED) is 0.633. The van der Waals surface area contributed by atoms with Crippen molar-refractivity contribution in [3.05, 3.63) is 35.4 Å². The fraction of sp³-hybridized carbons (Fsp3) is 0.471. The highest BCUT2D eigenvalue weighted by Crippen LogP contribution is 2.27. The van der Waals surface area contributed by atoms with Crippen LogP contribution in [0.25, 0.3) is 5.70 Å². The maximum atomic E-state index is 5.99. The Balaban J connectivity index is 3.24. The molecule has 0 aliphatic carbocycles. The first kappa shape index (κ1) is 16.8. The molecule has 0 fully saturated rings. The minimum Gasteiger partial charge on any atom is -0.494 e. The molecule has 2 nitrogen and oxygen atoms in total. The molecular weight excluding hydrogens is 270 g/mol. The van der Waals surface area contributed by atoms with E-state index >= 15 is 0 Å². The molecule has 1 rings (SSSR count). The Morgan fingerprint density at radius 3 is 2.55 bits per heavy atom. The molecule has 0 atom stereocenters. The molecule has 0 aliphatic rings. The summed E-state index contributed by atoms with van der Waals surface area (Å²) in [6.07, 6.45) is 1.00. The highest BCUT2D eigenvalue weighted by atomic mass is 35.5. The van der Waals surface area contributed by atoms with Crippen molar-refractivity contribution in [3.63, 3.8) is 0 Å². The minimum absolute atomic E-state index is 0.546. The van der Waals surface area contributed by atoms with Crippen LogP contribution in [0.2, 0.25) is 0 Å². The summed E-state index contributed by atoms with van der Waals surface area (Å²) in [5.74, 6) is 1.45. The number of rotatable bonds is 6. The molecule has 3 heteroatoms. The van der Waals surface area contributed by atoms with E-state index in [0.29, 0.717) is 17.7 Å². The van der Waals surface area contributed by atoms with Gasteiger partial charge in [0.1, 0.15) is 10.9 Å².